The topological polar surface area (TPSA) is 66.8 Å². The number of hydrogen-bond acceptors (Lipinski definition) is 5. The minimum atomic E-state index is -0.391. The molecule has 134 valence electrons. The SMILES string of the molecule is O=C1S/C(=C\c2cc(I)ccc2O)C(=O)N1CCOc1ccc(Cl)cc1. The molecule has 8 heteroatoms. The zero-order chi connectivity index (χ0) is 18.7. The van der Waals surface area contributed by atoms with E-state index in [0.717, 1.165) is 20.2 Å². The predicted octanol–water partition coefficient (Wildman–Crippen LogP) is 4.77. The zero-order valence-electron chi connectivity index (χ0n) is 13.3. The normalized spacial score (nSPS) is 15.8. The number of ether oxygens (including phenoxy) is 1. The summed E-state index contributed by atoms with van der Waals surface area (Å²) in [5.74, 6) is 0.280. The van der Waals surface area contributed by atoms with Gasteiger partial charge in [0.25, 0.3) is 11.1 Å². The Balaban J connectivity index is 1.66. The number of carbonyl (C=O) groups excluding carboxylic acids is 2. The van der Waals surface area contributed by atoms with Crippen LogP contribution >= 0.6 is 46.0 Å². The molecule has 2 aromatic carbocycles. The first-order chi connectivity index (χ1) is 12.4. The fourth-order valence-corrected chi connectivity index (χ4v) is 3.76. The molecule has 1 heterocycles. The molecule has 1 saturated heterocycles. The third-order valence-electron chi connectivity index (χ3n) is 3.55. The Morgan fingerprint density at radius 3 is 2.65 bits per heavy atom. The molecular weight excluding hydrogens is 489 g/mol. The summed E-state index contributed by atoms with van der Waals surface area (Å²) in [6.45, 7) is 0.324. The first kappa shape index (κ1) is 19.1. The van der Waals surface area contributed by atoms with Gasteiger partial charge in [-0.05, 0) is 82.9 Å². The first-order valence-corrected chi connectivity index (χ1v) is 9.83. The molecule has 0 radical (unpaired) electrons. The molecule has 0 atom stereocenters. The second kappa shape index (κ2) is 8.32. The Bertz CT molecular complexity index is 885. The number of halogens is 2. The number of aromatic hydroxyl groups is 1. The fraction of sp³-hybridized carbons (Fsp3) is 0.111. The van der Waals surface area contributed by atoms with Gasteiger partial charge in [0.05, 0.1) is 11.4 Å². The molecule has 0 spiro atoms. The highest BCUT2D eigenvalue weighted by Crippen LogP contribution is 2.34. The number of rotatable bonds is 5. The molecule has 0 aromatic heterocycles. The van der Waals surface area contributed by atoms with Crippen LogP contribution in [0.4, 0.5) is 4.79 Å². The summed E-state index contributed by atoms with van der Waals surface area (Å²) in [6.07, 6.45) is 1.53. The maximum Gasteiger partial charge on any atom is 0.293 e. The Hall–Kier alpha value is -1.71. The van der Waals surface area contributed by atoms with Crippen molar-refractivity contribution < 1.29 is 19.4 Å². The highest BCUT2D eigenvalue weighted by Gasteiger charge is 2.34. The van der Waals surface area contributed by atoms with E-state index in [1.807, 2.05) is 0 Å². The van der Waals surface area contributed by atoms with Crippen molar-refractivity contribution in [1.82, 2.24) is 4.90 Å². The van der Waals surface area contributed by atoms with Crippen molar-refractivity contribution >= 4 is 63.2 Å². The van der Waals surface area contributed by atoms with E-state index in [1.54, 1.807) is 42.5 Å². The van der Waals surface area contributed by atoms with Crippen LogP contribution in [0.3, 0.4) is 0 Å². The third-order valence-corrected chi connectivity index (χ3v) is 5.38. The molecular formula is C18H13ClINO4S. The molecule has 2 aromatic rings. The molecule has 0 saturated carbocycles. The van der Waals surface area contributed by atoms with E-state index in [-0.39, 0.29) is 29.0 Å². The number of thioether (sulfide) groups is 1. The van der Waals surface area contributed by atoms with Gasteiger partial charge >= 0.3 is 0 Å². The summed E-state index contributed by atoms with van der Waals surface area (Å²) in [5, 5.41) is 10.2. The molecule has 1 aliphatic heterocycles. The van der Waals surface area contributed by atoms with Gasteiger partial charge in [0.15, 0.2) is 0 Å². The highest BCUT2D eigenvalue weighted by atomic mass is 127. The molecule has 0 aliphatic carbocycles. The van der Waals surface area contributed by atoms with Crippen LogP contribution in [-0.4, -0.2) is 34.3 Å². The number of hydrogen-bond donors (Lipinski definition) is 1. The van der Waals surface area contributed by atoms with Gasteiger partial charge in [-0.25, -0.2) is 0 Å². The van der Waals surface area contributed by atoms with Gasteiger partial charge in [0, 0.05) is 14.2 Å². The van der Waals surface area contributed by atoms with Crippen LogP contribution in [0, 0.1) is 3.57 Å². The lowest BCUT2D eigenvalue weighted by Crippen LogP contribution is -2.32. The Labute approximate surface area is 173 Å². The molecule has 0 bridgehead atoms. The Morgan fingerprint density at radius 1 is 1.19 bits per heavy atom. The molecule has 2 amide bonds. The van der Waals surface area contributed by atoms with Crippen LogP contribution < -0.4 is 4.74 Å². The standard InChI is InChI=1S/C18H13ClINO4S/c19-12-1-4-14(5-2-12)25-8-7-21-17(23)16(26-18(21)24)10-11-9-13(20)3-6-15(11)22/h1-6,9-10,22H,7-8H2/b16-10-. The van der Waals surface area contributed by atoms with Crippen molar-refractivity contribution in [3.8, 4) is 11.5 Å². The van der Waals surface area contributed by atoms with E-state index in [1.165, 1.54) is 6.08 Å². The third kappa shape index (κ3) is 4.52. The monoisotopic (exact) mass is 501 g/mol. The fourth-order valence-electron chi connectivity index (χ4n) is 2.26. The minimum Gasteiger partial charge on any atom is -0.507 e. The van der Waals surface area contributed by atoms with Crippen LogP contribution in [-0.2, 0) is 4.79 Å². The van der Waals surface area contributed by atoms with Crippen molar-refractivity contribution in [2.75, 3.05) is 13.2 Å². The van der Waals surface area contributed by atoms with Gasteiger partial charge in [0.2, 0.25) is 0 Å². The van der Waals surface area contributed by atoms with E-state index in [4.69, 9.17) is 16.3 Å². The van der Waals surface area contributed by atoms with Crippen molar-refractivity contribution in [3.63, 3.8) is 0 Å². The van der Waals surface area contributed by atoms with Gasteiger partial charge in [-0.2, -0.15) is 0 Å². The first-order valence-electron chi connectivity index (χ1n) is 7.56. The number of amides is 2. The molecule has 5 nitrogen and oxygen atoms in total. The summed E-state index contributed by atoms with van der Waals surface area (Å²) in [5.41, 5.74) is 0.500. The van der Waals surface area contributed by atoms with Crippen LogP contribution in [0.2, 0.25) is 5.02 Å². The van der Waals surface area contributed by atoms with Gasteiger partial charge in [-0.3, -0.25) is 14.5 Å². The van der Waals surface area contributed by atoms with Gasteiger partial charge in [0.1, 0.15) is 18.1 Å². The lowest BCUT2D eigenvalue weighted by atomic mass is 10.2. The zero-order valence-corrected chi connectivity index (χ0v) is 17.0. The maximum atomic E-state index is 12.5. The van der Waals surface area contributed by atoms with E-state index in [9.17, 15) is 14.7 Å². The molecule has 1 aliphatic rings. The number of phenolic OH excluding ortho intramolecular Hbond substituents is 1. The average Bonchev–Trinajstić information content (AvgIpc) is 2.87. The number of carbonyl (C=O) groups is 2. The number of phenols is 1. The van der Waals surface area contributed by atoms with E-state index < -0.39 is 5.91 Å². The Morgan fingerprint density at radius 2 is 1.92 bits per heavy atom. The maximum absolute atomic E-state index is 12.5. The minimum absolute atomic E-state index is 0.0586. The smallest absolute Gasteiger partial charge is 0.293 e. The van der Waals surface area contributed by atoms with Crippen molar-refractivity contribution in [2.45, 2.75) is 0 Å². The average molecular weight is 502 g/mol. The van der Waals surface area contributed by atoms with Crippen molar-refractivity contribution in [1.29, 1.82) is 0 Å². The number of benzene rings is 2. The van der Waals surface area contributed by atoms with Crippen molar-refractivity contribution in [3.05, 3.63) is 61.5 Å². The molecule has 1 N–H and O–H groups in total. The number of nitrogens with zero attached hydrogens (tertiary/aromatic N) is 1. The molecule has 26 heavy (non-hydrogen) atoms. The van der Waals surface area contributed by atoms with Crippen LogP contribution in [0.1, 0.15) is 5.56 Å². The summed E-state index contributed by atoms with van der Waals surface area (Å²) in [7, 11) is 0. The highest BCUT2D eigenvalue weighted by molar-refractivity contribution is 14.1. The van der Waals surface area contributed by atoms with Gasteiger partial charge < -0.3 is 9.84 Å². The lowest BCUT2D eigenvalue weighted by molar-refractivity contribution is -0.123. The van der Waals surface area contributed by atoms with Crippen molar-refractivity contribution in [2.24, 2.45) is 0 Å². The van der Waals surface area contributed by atoms with Gasteiger partial charge in [-0.1, -0.05) is 11.6 Å². The van der Waals surface area contributed by atoms with Crippen LogP contribution in [0.25, 0.3) is 6.08 Å². The summed E-state index contributed by atoms with van der Waals surface area (Å²) < 4.78 is 6.45. The van der Waals surface area contributed by atoms with E-state index >= 15 is 0 Å². The van der Waals surface area contributed by atoms with Gasteiger partial charge in [-0.15, -0.1) is 0 Å². The predicted molar refractivity (Wildman–Crippen MR) is 110 cm³/mol. The van der Waals surface area contributed by atoms with Crippen LogP contribution in [0.5, 0.6) is 11.5 Å². The molecule has 3 rings (SSSR count). The lowest BCUT2D eigenvalue weighted by Gasteiger charge is -2.13. The van der Waals surface area contributed by atoms with Crippen LogP contribution in [0.15, 0.2) is 47.4 Å². The second-order valence-corrected chi connectivity index (χ2v) is 8.01. The summed E-state index contributed by atoms with van der Waals surface area (Å²) in [6, 6.07) is 11.9. The van der Waals surface area contributed by atoms with E-state index in [2.05, 4.69) is 22.6 Å². The quantitative estimate of drug-likeness (QED) is 0.472. The molecule has 0 unspecified atom stereocenters. The number of imide groups is 1. The summed E-state index contributed by atoms with van der Waals surface area (Å²) >= 11 is 8.78. The Kier molecular flexibility index (Phi) is 6.10. The largest absolute Gasteiger partial charge is 0.507 e. The second-order valence-electron chi connectivity index (χ2n) is 5.34. The molecule has 1 fully saturated rings. The summed E-state index contributed by atoms with van der Waals surface area (Å²) in [4.78, 5) is 26.0. The van der Waals surface area contributed by atoms with E-state index in [0.29, 0.717) is 16.3 Å².